The topological polar surface area (TPSA) is 73.8 Å². The zero-order valence-corrected chi connectivity index (χ0v) is 16.0. The average Bonchev–Trinajstić information content (AvgIpc) is 3.16. The summed E-state index contributed by atoms with van der Waals surface area (Å²) in [6.07, 6.45) is -0.619. The van der Waals surface area contributed by atoms with E-state index < -0.39 is 6.09 Å². The van der Waals surface area contributed by atoms with Gasteiger partial charge in [-0.05, 0) is 25.1 Å². The van der Waals surface area contributed by atoms with E-state index >= 15 is 0 Å². The number of anilines is 1. The van der Waals surface area contributed by atoms with E-state index in [1.54, 1.807) is 12.1 Å². The number of thiazole rings is 1. The van der Waals surface area contributed by atoms with Crippen LogP contribution >= 0.6 is 11.3 Å². The number of nitrogens with zero attached hydrogens (tertiary/aromatic N) is 3. The molecule has 0 bridgehead atoms. The van der Waals surface area contributed by atoms with E-state index in [4.69, 9.17) is 14.3 Å². The van der Waals surface area contributed by atoms with E-state index in [9.17, 15) is 4.79 Å². The Balaban J connectivity index is 1.75. The smallest absolute Gasteiger partial charge is 0.438 e. The van der Waals surface area contributed by atoms with Gasteiger partial charge >= 0.3 is 6.09 Å². The zero-order chi connectivity index (χ0) is 19.2. The number of amides is 1. The van der Waals surface area contributed by atoms with E-state index in [1.165, 1.54) is 25.6 Å². The highest BCUT2D eigenvalue weighted by atomic mass is 32.1. The van der Waals surface area contributed by atoms with Crippen molar-refractivity contribution in [2.24, 2.45) is 0 Å². The number of hydroxylamine groups is 1. The number of benzene rings is 1. The SMILES string of the molecule is COC(=O)N(OC)c1ccccc1COc1nc(-c2cccc(C)n2)cs1. The summed E-state index contributed by atoms with van der Waals surface area (Å²) in [5, 5.41) is 3.49. The molecule has 0 radical (unpaired) electrons. The number of rotatable bonds is 6. The molecule has 7 nitrogen and oxygen atoms in total. The van der Waals surface area contributed by atoms with Gasteiger partial charge in [0.05, 0.1) is 25.6 Å². The number of para-hydroxylation sites is 1. The van der Waals surface area contributed by atoms with Crippen LogP contribution in [-0.4, -0.2) is 30.3 Å². The number of hydrogen-bond acceptors (Lipinski definition) is 7. The number of aromatic nitrogens is 2. The molecule has 3 rings (SSSR count). The Bertz CT molecular complexity index is 929. The van der Waals surface area contributed by atoms with E-state index in [-0.39, 0.29) is 6.61 Å². The molecule has 1 amide bonds. The molecule has 2 heterocycles. The van der Waals surface area contributed by atoms with Crippen LogP contribution in [-0.2, 0) is 16.2 Å². The third-order valence-corrected chi connectivity index (χ3v) is 4.47. The standard InChI is InChI=1S/C19H19N3O4S/c1-13-7-6-9-15(20-13)16-12-27-18(21-16)26-11-14-8-4-5-10-17(14)22(25-3)19(23)24-2/h4-10,12H,11H2,1-3H3. The highest BCUT2D eigenvalue weighted by Crippen LogP contribution is 2.28. The van der Waals surface area contributed by atoms with Gasteiger partial charge in [0.15, 0.2) is 0 Å². The van der Waals surface area contributed by atoms with Gasteiger partial charge in [-0.3, -0.25) is 9.82 Å². The summed E-state index contributed by atoms with van der Waals surface area (Å²) in [5.74, 6) is 0. The molecular formula is C19H19N3O4S. The minimum absolute atomic E-state index is 0.223. The van der Waals surface area contributed by atoms with Crippen molar-refractivity contribution in [1.82, 2.24) is 9.97 Å². The molecule has 0 atom stereocenters. The Morgan fingerprint density at radius 3 is 2.63 bits per heavy atom. The molecule has 0 unspecified atom stereocenters. The molecule has 1 aromatic carbocycles. The second-order valence-corrected chi connectivity index (χ2v) is 6.35. The van der Waals surface area contributed by atoms with Crippen LogP contribution < -0.4 is 9.80 Å². The highest BCUT2D eigenvalue weighted by Gasteiger charge is 2.19. The molecule has 0 aliphatic rings. The molecule has 0 aliphatic carbocycles. The lowest BCUT2D eigenvalue weighted by molar-refractivity contribution is 0.115. The largest absolute Gasteiger partial charge is 0.465 e. The Morgan fingerprint density at radius 2 is 1.89 bits per heavy atom. The van der Waals surface area contributed by atoms with Gasteiger partial charge in [0, 0.05) is 16.6 Å². The average molecular weight is 385 g/mol. The van der Waals surface area contributed by atoms with Crippen LogP contribution in [0.15, 0.2) is 47.8 Å². The van der Waals surface area contributed by atoms with Gasteiger partial charge in [-0.2, -0.15) is 5.06 Å². The van der Waals surface area contributed by atoms with Crippen molar-refractivity contribution in [3.8, 4) is 16.6 Å². The Morgan fingerprint density at radius 1 is 1.07 bits per heavy atom. The minimum Gasteiger partial charge on any atom is -0.465 e. The molecule has 8 heteroatoms. The van der Waals surface area contributed by atoms with Crippen LogP contribution in [0.25, 0.3) is 11.4 Å². The molecular weight excluding hydrogens is 366 g/mol. The van der Waals surface area contributed by atoms with Crippen LogP contribution in [0.1, 0.15) is 11.3 Å². The van der Waals surface area contributed by atoms with Gasteiger partial charge < -0.3 is 9.47 Å². The number of aryl methyl sites for hydroxylation is 1. The second-order valence-electron chi connectivity index (χ2n) is 5.53. The second kappa shape index (κ2) is 8.61. The van der Waals surface area contributed by atoms with Gasteiger partial charge in [0.25, 0.3) is 5.19 Å². The number of pyridine rings is 1. The molecule has 2 aromatic heterocycles. The molecule has 0 spiro atoms. The van der Waals surface area contributed by atoms with E-state index in [0.29, 0.717) is 10.9 Å². The number of ether oxygens (including phenoxy) is 2. The van der Waals surface area contributed by atoms with Crippen molar-refractivity contribution in [1.29, 1.82) is 0 Å². The summed E-state index contributed by atoms with van der Waals surface area (Å²) in [5.41, 5.74) is 3.80. The molecule has 27 heavy (non-hydrogen) atoms. The minimum atomic E-state index is -0.619. The fraction of sp³-hybridized carbons (Fsp3) is 0.211. The first-order valence-electron chi connectivity index (χ1n) is 8.15. The van der Waals surface area contributed by atoms with Gasteiger partial charge in [0.1, 0.15) is 12.3 Å². The van der Waals surface area contributed by atoms with Crippen molar-refractivity contribution in [2.75, 3.05) is 19.3 Å². The lowest BCUT2D eigenvalue weighted by Crippen LogP contribution is -2.30. The van der Waals surface area contributed by atoms with Gasteiger partial charge in [-0.1, -0.05) is 35.6 Å². The van der Waals surface area contributed by atoms with Crippen molar-refractivity contribution in [3.05, 3.63) is 59.1 Å². The Hall–Kier alpha value is -2.97. The third-order valence-electron chi connectivity index (χ3n) is 3.72. The summed E-state index contributed by atoms with van der Waals surface area (Å²) in [6.45, 7) is 2.16. The maximum absolute atomic E-state index is 11.9. The van der Waals surface area contributed by atoms with Gasteiger partial charge in [0.2, 0.25) is 0 Å². The fourth-order valence-electron chi connectivity index (χ4n) is 2.45. The quantitative estimate of drug-likeness (QED) is 0.591. The lowest BCUT2D eigenvalue weighted by Gasteiger charge is -2.20. The first-order chi connectivity index (χ1) is 13.1. The van der Waals surface area contributed by atoms with Crippen molar-refractivity contribution >= 4 is 23.1 Å². The van der Waals surface area contributed by atoms with Crippen LogP contribution in [0.2, 0.25) is 0 Å². The molecule has 0 N–H and O–H groups in total. The monoisotopic (exact) mass is 385 g/mol. The number of carbonyl (C=O) groups is 1. The molecule has 0 saturated carbocycles. The van der Waals surface area contributed by atoms with Crippen LogP contribution in [0.3, 0.4) is 0 Å². The zero-order valence-electron chi connectivity index (χ0n) is 15.2. The van der Waals surface area contributed by atoms with Crippen LogP contribution in [0.5, 0.6) is 5.19 Å². The van der Waals surface area contributed by atoms with E-state index in [0.717, 1.165) is 27.7 Å². The van der Waals surface area contributed by atoms with Gasteiger partial charge in [-0.15, -0.1) is 0 Å². The third kappa shape index (κ3) is 4.42. The predicted octanol–water partition coefficient (Wildman–Crippen LogP) is 4.23. The predicted molar refractivity (Wildman–Crippen MR) is 103 cm³/mol. The highest BCUT2D eigenvalue weighted by molar-refractivity contribution is 7.11. The fourth-order valence-corrected chi connectivity index (χ4v) is 3.12. The molecule has 140 valence electrons. The normalized spacial score (nSPS) is 10.5. The van der Waals surface area contributed by atoms with Crippen molar-refractivity contribution < 1.29 is 19.1 Å². The molecule has 0 saturated heterocycles. The Kier molecular flexibility index (Phi) is 6.00. The molecule has 0 aliphatic heterocycles. The van der Waals surface area contributed by atoms with E-state index in [1.807, 2.05) is 42.6 Å². The van der Waals surface area contributed by atoms with E-state index in [2.05, 4.69) is 9.97 Å². The van der Waals surface area contributed by atoms with Crippen LogP contribution in [0, 0.1) is 6.92 Å². The summed E-state index contributed by atoms with van der Waals surface area (Å²) >= 11 is 1.39. The number of methoxy groups -OCH3 is 1. The summed E-state index contributed by atoms with van der Waals surface area (Å²) in [7, 11) is 2.69. The Labute approximate surface area is 161 Å². The molecule has 0 fully saturated rings. The summed E-state index contributed by atoms with van der Waals surface area (Å²) in [4.78, 5) is 26.0. The van der Waals surface area contributed by atoms with Gasteiger partial charge in [-0.25, -0.2) is 9.78 Å². The number of carbonyl (C=O) groups excluding carboxylic acids is 1. The summed E-state index contributed by atoms with van der Waals surface area (Å²) in [6, 6.07) is 13.1. The first-order valence-corrected chi connectivity index (χ1v) is 9.02. The lowest BCUT2D eigenvalue weighted by atomic mass is 10.2. The molecule has 3 aromatic rings. The van der Waals surface area contributed by atoms with Crippen molar-refractivity contribution in [2.45, 2.75) is 13.5 Å². The summed E-state index contributed by atoms with van der Waals surface area (Å²) < 4.78 is 10.6. The maximum atomic E-state index is 11.9. The first kappa shape index (κ1) is 18.8. The van der Waals surface area contributed by atoms with Crippen molar-refractivity contribution in [3.63, 3.8) is 0 Å². The van der Waals surface area contributed by atoms with Crippen LogP contribution in [0.4, 0.5) is 10.5 Å². The number of hydrogen-bond donors (Lipinski definition) is 0. The maximum Gasteiger partial charge on any atom is 0.438 e.